The third-order valence-corrected chi connectivity index (χ3v) is 3.95. The molecule has 5 nitrogen and oxygen atoms in total. The summed E-state index contributed by atoms with van der Waals surface area (Å²) in [7, 11) is 0. The lowest BCUT2D eigenvalue weighted by atomic mass is 10.0. The lowest BCUT2D eigenvalue weighted by Crippen LogP contribution is -2.03. The molecule has 6 heteroatoms. The molecule has 2 N–H and O–H groups in total. The standard InChI is InChI=1S/C16H16ClN3O2/c17-13-4-2-1-3-12(13)9-15-11(7-8-22-15)5-6-14(21)16-18-10-19-20-16/h1-4,7-8,10,14,21H,5-6,9H2,(H,18,19,20). The average Bonchev–Trinajstić information content (AvgIpc) is 3.19. The van der Waals surface area contributed by atoms with E-state index in [1.54, 1.807) is 6.26 Å². The van der Waals surface area contributed by atoms with Crippen LogP contribution >= 0.6 is 11.6 Å². The van der Waals surface area contributed by atoms with Gasteiger partial charge in [-0.3, -0.25) is 5.10 Å². The van der Waals surface area contributed by atoms with Gasteiger partial charge in [-0.25, -0.2) is 4.98 Å². The molecule has 3 aromatic rings. The first-order valence-corrected chi connectivity index (χ1v) is 7.44. The second kappa shape index (κ2) is 6.77. The number of nitrogens with zero attached hydrogens (tertiary/aromatic N) is 2. The first kappa shape index (κ1) is 14.8. The van der Waals surface area contributed by atoms with Gasteiger partial charge in [-0.05, 0) is 36.1 Å². The van der Waals surface area contributed by atoms with Crippen molar-refractivity contribution < 1.29 is 9.52 Å². The first-order chi connectivity index (χ1) is 10.7. The van der Waals surface area contributed by atoms with Gasteiger partial charge in [0.25, 0.3) is 0 Å². The van der Waals surface area contributed by atoms with Crippen molar-refractivity contribution in [3.63, 3.8) is 0 Å². The molecule has 0 amide bonds. The van der Waals surface area contributed by atoms with Crippen LogP contribution in [0.25, 0.3) is 0 Å². The van der Waals surface area contributed by atoms with Crippen molar-refractivity contribution in [1.29, 1.82) is 0 Å². The van der Waals surface area contributed by atoms with E-state index < -0.39 is 6.10 Å². The van der Waals surface area contributed by atoms with Gasteiger partial charge in [0.15, 0.2) is 5.82 Å². The Morgan fingerprint density at radius 2 is 2.09 bits per heavy atom. The summed E-state index contributed by atoms with van der Waals surface area (Å²) >= 11 is 6.19. The number of benzene rings is 1. The van der Waals surface area contributed by atoms with E-state index in [1.807, 2.05) is 30.3 Å². The number of furan rings is 1. The molecule has 0 aliphatic heterocycles. The van der Waals surface area contributed by atoms with Crippen molar-refractivity contribution in [3.8, 4) is 0 Å². The third-order valence-electron chi connectivity index (χ3n) is 3.58. The number of aryl methyl sites for hydroxylation is 1. The zero-order chi connectivity index (χ0) is 15.4. The Balaban J connectivity index is 1.66. The molecule has 114 valence electrons. The predicted octanol–water partition coefficient (Wildman–Crippen LogP) is 3.31. The molecule has 1 aromatic carbocycles. The number of halogens is 1. The Hall–Kier alpha value is -2.11. The zero-order valence-electron chi connectivity index (χ0n) is 11.9. The molecule has 0 bridgehead atoms. The van der Waals surface area contributed by atoms with Crippen LogP contribution in [0.2, 0.25) is 5.02 Å². The quantitative estimate of drug-likeness (QED) is 0.731. The Kier molecular flexibility index (Phi) is 4.56. The second-order valence-corrected chi connectivity index (χ2v) is 5.47. The van der Waals surface area contributed by atoms with Crippen molar-refractivity contribution >= 4 is 11.6 Å². The average molecular weight is 318 g/mol. The minimum Gasteiger partial charge on any atom is -0.469 e. The molecule has 0 saturated heterocycles. The molecule has 1 unspecified atom stereocenters. The molecule has 2 heterocycles. The van der Waals surface area contributed by atoms with Crippen LogP contribution in [0.3, 0.4) is 0 Å². The predicted molar refractivity (Wildman–Crippen MR) is 82.6 cm³/mol. The largest absolute Gasteiger partial charge is 0.469 e. The lowest BCUT2D eigenvalue weighted by Gasteiger charge is -2.08. The van der Waals surface area contributed by atoms with E-state index in [0.717, 1.165) is 21.9 Å². The van der Waals surface area contributed by atoms with Crippen LogP contribution < -0.4 is 0 Å². The van der Waals surface area contributed by atoms with Gasteiger partial charge in [0.2, 0.25) is 0 Å². The number of aliphatic hydroxyl groups excluding tert-OH is 1. The van der Waals surface area contributed by atoms with Crippen molar-refractivity contribution in [1.82, 2.24) is 15.2 Å². The maximum absolute atomic E-state index is 10.0. The van der Waals surface area contributed by atoms with Crippen LogP contribution in [-0.4, -0.2) is 20.3 Å². The van der Waals surface area contributed by atoms with Crippen molar-refractivity contribution in [2.45, 2.75) is 25.4 Å². The van der Waals surface area contributed by atoms with Gasteiger partial charge < -0.3 is 9.52 Å². The van der Waals surface area contributed by atoms with Gasteiger partial charge in [0, 0.05) is 11.4 Å². The van der Waals surface area contributed by atoms with Gasteiger partial charge in [-0.1, -0.05) is 29.8 Å². The molecule has 0 aliphatic rings. The van der Waals surface area contributed by atoms with Crippen LogP contribution in [0.5, 0.6) is 0 Å². The van der Waals surface area contributed by atoms with Gasteiger partial charge in [-0.15, -0.1) is 0 Å². The number of aliphatic hydroxyl groups is 1. The van der Waals surface area contributed by atoms with Gasteiger partial charge in [-0.2, -0.15) is 5.10 Å². The van der Waals surface area contributed by atoms with Crippen molar-refractivity contribution in [2.24, 2.45) is 0 Å². The minimum atomic E-state index is -0.662. The number of hydrogen-bond acceptors (Lipinski definition) is 4. The lowest BCUT2D eigenvalue weighted by molar-refractivity contribution is 0.158. The number of rotatable bonds is 6. The third kappa shape index (κ3) is 3.37. The second-order valence-electron chi connectivity index (χ2n) is 5.06. The fourth-order valence-electron chi connectivity index (χ4n) is 2.36. The zero-order valence-corrected chi connectivity index (χ0v) is 12.6. The van der Waals surface area contributed by atoms with Crippen LogP contribution in [0.1, 0.15) is 35.2 Å². The summed E-state index contributed by atoms with van der Waals surface area (Å²) in [6.45, 7) is 0. The van der Waals surface area contributed by atoms with E-state index in [0.29, 0.717) is 25.1 Å². The van der Waals surface area contributed by atoms with Gasteiger partial charge in [0.1, 0.15) is 18.2 Å². The summed E-state index contributed by atoms with van der Waals surface area (Å²) in [6.07, 6.45) is 4.27. The highest BCUT2D eigenvalue weighted by molar-refractivity contribution is 6.31. The van der Waals surface area contributed by atoms with E-state index in [-0.39, 0.29) is 0 Å². The minimum absolute atomic E-state index is 0.483. The molecular weight excluding hydrogens is 302 g/mol. The van der Waals surface area contributed by atoms with E-state index in [4.69, 9.17) is 16.0 Å². The maximum Gasteiger partial charge on any atom is 0.153 e. The van der Waals surface area contributed by atoms with E-state index in [2.05, 4.69) is 15.2 Å². The maximum atomic E-state index is 10.0. The monoisotopic (exact) mass is 317 g/mol. The number of nitrogens with one attached hydrogen (secondary N) is 1. The van der Waals surface area contributed by atoms with Crippen LogP contribution in [-0.2, 0) is 12.8 Å². The molecular formula is C16H16ClN3O2. The summed E-state index contributed by atoms with van der Waals surface area (Å²) in [6, 6.07) is 9.64. The van der Waals surface area contributed by atoms with Crippen molar-refractivity contribution in [2.75, 3.05) is 0 Å². The highest BCUT2D eigenvalue weighted by Crippen LogP contribution is 2.24. The Bertz CT molecular complexity index is 725. The Morgan fingerprint density at radius 3 is 2.86 bits per heavy atom. The summed E-state index contributed by atoms with van der Waals surface area (Å²) in [5, 5.41) is 17.2. The number of H-pyrrole nitrogens is 1. The highest BCUT2D eigenvalue weighted by Gasteiger charge is 2.14. The molecule has 3 rings (SSSR count). The molecule has 2 aromatic heterocycles. The fraction of sp³-hybridized carbons (Fsp3) is 0.250. The van der Waals surface area contributed by atoms with Crippen LogP contribution in [0, 0.1) is 0 Å². The van der Waals surface area contributed by atoms with E-state index in [9.17, 15) is 5.11 Å². The number of hydrogen-bond donors (Lipinski definition) is 2. The SMILES string of the molecule is OC(CCc1ccoc1Cc1ccccc1Cl)c1ncn[nH]1. The smallest absolute Gasteiger partial charge is 0.153 e. The summed E-state index contributed by atoms with van der Waals surface area (Å²) in [4.78, 5) is 3.96. The van der Waals surface area contributed by atoms with Crippen molar-refractivity contribution in [3.05, 3.63) is 70.7 Å². The molecule has 1 atom stereocenters. The highest BCUT2D eigenvalue weighted by atomic mass is 35.5. The first-order valence-electron chi connectivity index (χ1n) is 7.06. The van der Waals surface area contributed by atoms with Crippen LogP contribution in [0.4, 0.5) is 0 Å². The van der Waals surface area contributed by atoms with Gasteiger partial charge >= 0.3 is 0 Å². The van der Waals surface area contributed by atoms with E-state index in [1.165, 1.54) is 6.33 Å². The summed E-state index contributed by atoms with van der Waals surface area (Å²) < 4.78 is 5.57. The van der Waals surface area contributed by atoms with Crippen LogP contribution in [0.15, 0.2) is 47.3 Å². The molecule has 0 aliphatic carbocycles. The molecule has 0 spiro atoms. The Morgan fingerprint density at radius 1 is 1.23 bits per heavy atom. The summed E-state index contributed by atoms with van der Waals surface area (Å²) in [5.74, 6) is 1.36. The molecule has 22 heavy (non-hydrogen) atoms. The van der Waals surface area contributed by atoms with Gasteiger partial charge in [0.05, 0.1) is 6.26 Å². The number of aromatic amines is 1. The molecule has 0 saturated carbocycles. The normalized spacial score (nSPS) is 12.5. The topological polar surface area (TPSA) is 74.9 Å². The Labute approximate surface area is 133 Å². The fourth-order valence-corrected chi connectivity index (χ4v) is 2.57. The summed E-state index contributed by atoms with van der Waals surface area (Å²) in [5.41, 5.74) is 2.09. The number of aromatic nitrogens is 3. The molecule has 0 radical (unpaired) electrons. The van der Waals surface area contributed by atoms with E-state index >= 15 is 0 Å². The molecule has 0 fully saturated rings.